The van der Waals surface area contributed by atoms with E-state index >= 15 is 0 Å². The Labute approximate surface area is 264 Å². The molecule has 0 amide bonds. The molecule has 0 aliphatic heterocycles. The summed E-state index contributed by atoms with van der Waals surface area (Å²) in [5.74, 6) is 0. The minimum absolute atomic E-state index is 0.101. The molecule has 0 saturated heterocycles. The number of fused-ring (bicyclic) bond motifs is 3. The van der Waals surface area contributed by atoms with E-state index in [2.05, 4.69) is 6.07 Å². The standard InChI is InChI=1S/C42H28/c1-3-13-29(14-4-1)31-17-11-18-32(27-31)33-25-26-35-34(28-33)19-12-24-36(35)42-39-22-9-7-20-37(39)41(30-15-5-2-6-16-30)38-21-8-10-23-40(38)42/h1-28H/i2D,5D,6D,7D,8D,9D,10D,15D,16D,20D,21D,22D,23D. The Morgan fingerprint density at radius 2 is 0.881 bits per heavy atom. The fraction of sp³-hybridized carbons (Fsp3) is 0. The molecule has 42 heavy (non-hydrogen) atoms. The Morgan fingerprint density at radius 1 is 0.333 bits per heavy atom. The van der Waals surface area contributed by atoms with Gasteiger partial charge in [0.1, 0.15) is 0 Å². The van der Waals surface area contributed by atoms with Crippen molar-refractivity contribution in [3.63, 3.8) is 0 Å². The number of hydrogen-bond donors (Lipinski definition) is 0. The highest BCUT2D eigenvalue weighted by molar-refractivity contribution is 6.23. The van der Waals surface area contributed by atoms with Gasteiger partial charge in [0.25, 0.3) is 0 Å². The van der Waals surface area contributed by atoms with Crippen LogP contribution in [0.2, 0.25) is 0 Å². The third-order valence-electron chi connectivity index (χ3n) is 7.58. The van der Waals surface area contributed by atoms with E-state index in [1.54, 1.807) is 12.1 Å². The third-order valence-corrected chi connectivity index (χ3v) is 7.58. The molecule has 0 spiro atoms. The summed E-state index contributed by atoms with van der Waals surface area (Å²) < 4.78 is 115. The molecule has 0 atom stereocenters. The summed E-state index contributed by atoms with van der Waals surface area (Å²) in [4.78, 5) is 0. The van der Waals surface area contributed by atoms with E-state index in [9.17, 15) is 5.48 Å². The first-order valence-electron chi connectivity index (χ1n) is 20.0. The van der Waals surface area contributed by atoms with E-state index < -0.39 is 84.1 Å². The van der Waals surface area contributed by atoms with Gasteiger partial charge < -0.3 is 0 Å². The molecule has 0 radical (unpaired) electrons. The van der Waals surface area contributed by atoms with Gasteiger partial charge >= 0.3 is 0 Å². The van der Waals surface area contributed by atoms with Gasteiger partial charge in [-0.1, -0.05) is 157 Å². The Morgan fingerprint density at radius 3 is 1.57 bits per heavy atom. The molecule has 0 saturated carbocycles. The molecule has 8 rings (SSSR count). The molecule has 0 heteroatoms. The van der Waals surface area contributed by atoms with E-state index in [1.807, 2.05) is 72.8 Å². The Balaban J connectivity index is 1.54. The predicted octanol–water partition coefficient (Wildman–Crippen LogP) is 11.8. The van der Waals surface area contributed by atoms with Crippen molar-refractivity contribution in [1.82, 2.24) is 0 Å². The molecule has 0 fully saturated rings. The lowest BCUT2D eigenvalue weighted by Crippen LogP contribution is -1.91. The molecule has 8 aromatic rings. The maximum Gasteiger partial charge on any atom is 0.0629 e. The average molecular weight is 546 g/mol. The molecule has 0 heterocycles. The summed E-state index contributed by atoms with van der Waals surface area (Å²) >= 11 is 0. The summed E-state index contributed by atoms with van der Waals surface area (Å²) in [5.41, 5.74) is 3.73. The van der Waals surface area contributed by atoms with Crippen LogP contribution in [-0.2, 0) is 0 Å². The van der Waals surface area contributed by atoms with E-state index in [4.69, 9.17) is 12.3 Å². The summed E-state index contributed by atoms with van der Waals surface area (Å²) in [6.45, 7) is 0. The topological polar surface area (TPSA) is 0 Å². The van der Waals surface area contributed by atoms with Crippen molar-refractivity contribution in [3.05, 3.63) is 170 Å². The van der Waals surface area contributed by atoms with Gasteiger partial charge in [0.15, 0.2) is 0 Å². The van der Waals surface area contributed by atoms with Crippen LogP contribution in [0.3, 0.4) is 0 Å². The van der Waals surface area contributed by atoms with Gasteiger partial charge in [0.2, 0.25) is 0 Å². The van der Waals surface area contributed by atoms with Crippen LogP contribution in [0.4, 0.5) is 0 Å². The summed E-state index contributed by atoms with van der Waals surface area (Å²) in [5, 5.41) is 0.683. The summed E-state index contributed by atoms with van der Waals surface area (Å²) in [6, 6.07) is 21.0. The zero-order valence-electron chi connectivity index (χ0n) is 35.2. The molecule has 196 valence electrons. The highest BCUT2D eigenvalue weighted by Gasteiger charge is 2.17. The maximum absolute atomic E-state index is 9.26. The molecule has 0 bridgehead atoms. The molecule has 0 aromatic heterocycles. The highest BCUT2D eigenvalue weighted by atomic mass is 14.2. The molecule has 0 aliphatic rings. The molecule has 0 aliphatic carbocycles. The Kier molecular flexibility index (Phi) is 3.50. The van der Waals surface area contributed by atoms with Gasteiger partial charge in [-0.2, -0.15) is 0 Å². The second-order valence-electron chi connectivity index (χ2n) is 9.94. The fourth-order valence-corrected chi connectivity index (χ4v) is 5.71. The van der Waals surface area contributed by atoms with Crippen LogP contribution in [0.15, 0.2) is 170 Å². The van der Waals surface area contributed by atoms with Gasteiger partial charge in [0.05, 0.1) is 17.8 Å². The zero-order chi connectivity index (χ0) is 39.2. The van der Waals surface area contributed by atoms with Crippen LogP contribution in [-0.4, -0.2) is 0 Å². The van der Waals surface area contributed by atoms with Crippen molar-refractivity contribution < 1.29 is 17.8 Å². The van der Waals surface area contributed by atoms with E-state index in [-0.39, 0.29) is 32.7 Å². The van der Waals surface area contributed by atoms with Gasteiger partial charge in [-0.05, 0) is 89.0 Å². The van der Waals surface area contributed by atoms with Crippen LogP contribution < -0.4 is 0 Å². The lowest BCUT2D eigenvalue weighted by atomic mass is 9.84. The summed E-state index contributed by atoms with van der Waals surface area (Å²) in [7, 11) is 0. The number of benzene rings is 8. The van der Waals surface area contributed by atoms with Crippen molar-refractivity contribution in [2.75, 3.05) is 0 Å². The second kappa shape index (κ2) is 10.2. The van der Waals surface area contributed by atoms with Crippen molar-refractivity contribution in [2.24, 2.45) is 0 Å². The van der Waals surface area contributed by atoms with E-state index in [0.717, 1.165) is 27.6 Å². The highest BCUT2D eigenvalue weighted by Crippen LogP contribution is 2.45. The largest absolute Gasteiger partial charge is 0.0629 e. The van der Waals surface area contributed by atoms with Crippen LogP contribution in [0.5, 0.6) is 0 Å². The lowest BCUT2D eigenvalue weighted by Gasteiger charge is -2.19. The number of hydrogen-bond acceptors (Lipinski definition) is 0. The molecule has 0 nitrogen and oxygen atoms in total. The Hall–Kier alpha value is -5.46. The average Bonchev–Trinajstić information content (AvgIpc) is 3.21. The van der Waals surface area contributed by atoms with Crippen LogP contribution in [0.25, 0.3) is 76.8 Å². The first kappa shape index (κ1) is 14.4. The van der Waals surface area contributed by atoms with Gasteiger partial charge in [-0.3, -0.25) is 0 Å². The smallest absolute Gasteiger partial charge is 0.0622 e. The third kappa shape index (κ3) is 4.08. The first-order valence-corrected chi connectivity index (χ1v) is 13.5. The van der Waals surface area contributed by atoms with Crippen LogP contribution >= 0.6 is 0 Å². The number of rotatable bonds is 4. The van der Waals surface area contributed by atoms with Gasteiger partial charge in [0, 0.05) is 0 Å². The first-order chi connectivity index (χ1) is 26.2. The lowest BCUT2D eigenvalue weighted by molar-refractivity contribution is 1.60. The molecular formula is C42H28. The van der Waals surface area contributed by atoms with E-state index in [1.165, 1.54) is 0 Å². The van der Waals surface area contributed by atoms with E-state index in [0.29, 0.717) is 10.9 Å². The van der Waals surface area contributed by atoms with Gasteiger partial charge in [-0.15, -0.1) is 0 Å². The fourth-order valence-electron chi connectivity index (χ4n) is 5.71. The van der Waals surface area contributed by atoms with Crippen molar-refractivity contribution >= 4 is 32.3 Å². The van der Waals surface area contributed by atoms with Crippen LogP contribution in [0.1, 0.15) is 17.8 Å². The molecule has 0 N–H and O–H groups in total. The normalized spacial score (nSPS) is 15.7. The minimum Gasteiger partial charge on any atom is -0.0622 e. The van der Waals surface area contributed by atoms with Crippen molar-refractivity contribution in [1.29, 1.82) is 0 Å². The predicted molar refractivity (Wildman–Crippen MR) is 181 cm³/mol. The molecule has 0 unspecified atom stereocenters. The monoisotopic (exact) mass is 545 g/mol. The Bertz CT molecular complexity index is 2850. The second-order valence-corrected chi connectivity index (χ2v) is 9.94. The van der Waals surface area contributed by atoms with Crippen LogP contribution in [0, 0.1) is 0 Å². The SMILES string of the molecule is [2H]c1c([2H])c([2H])c(-c2c3c([2H])c([2H])c([2H])c([2H])c3c(-c3cccc4cc(-c5cccc(-c6ccccc6)c5)ccc34)c3c([2H])c([2H])c([2H])c([2H])c23)c([2H])c1[2H]. The molecule has 8 aromatic carbocycles. The van der Waals surface area contributed by atoms with Crippen molar-refractivity contribution in [2.45, 2.75) is 0 Å². The molecular weight excluding hydrogens is 504 g/mol. The minimum atomic E-state index is -0.706. The quantitative estimate of drug-likeness (QED) is 0.193. The zero-order valence-corrected chi connectivity index (χ0v) is 22.2. The maximum atomic E-state index is 9.26. The summed E-state index contributed by atoms with van der Waals surface area (Å²) in [6.07, 6.45) is 0. The van der Waals surface area contributed by atoms with Gasteiger partial charge in [-0.25, -0.2) is 0 Å². The van der Waals surface area contributed by atoms with Crippen molar-refractivity contribution in [3.8, 4) is 44.5 Å².